The molecule has 4 aromatic rings. The van der Waals surface area contributed by atoms with Gasteiger partial charge >= 0.3 is 0 Å². The minimum atomic E-state index is -0.0842. The zero-order chi connectivity index (χ0) is 24.8. The van der Waals surface area contributed by atoms with Crippen molar-refractivity contribution in [2.75, 3.05) is 38.2 Å². The fourth-order valence-corrected chi connectivity index (χ4v) is 4.97. The number of benzene rings is 3. The Balaban J connectivity index is 0.00000361. The predicted molar refractivity (Wildman–Crippen MR) is 151 cm³/mol. The Hall–Kier alpha value is -3.13. The molecule has 1 aromatic heterocycles. The van der Waals surface area contributed by atoms with Gasteiger partial charge in [-0.1, -0.05) is 49.4 Å². The molecule has 0 atom stereocenters. The molecule has 0 bridgehead atoms. The average molecular weight is 526 g/mol. The van der Waals surface area contributed by atoms with Crippen LogP contribution in [0.3, 0.4) is 0 Å². The molecule has 0 spiro atoms. The normalized spacial score (nSPS) is 10.8. The number of rotatable bonds is 10. The zero-order valence-electron chi connectivity index (χ0n) is 21.1. The van der Waals surface area contributed by atoms with E-state index in [-0.39, 0.29) is 18.3 Å². The second-order valence-corrected chi connectivity index (χ2v) is 9.16. The number of hydrogen-bond donors (Lipinski definition) is 0. The Morgan fingerprint density at radius 1 is 0.917 bits per heavy atom. The van der Waals surface area contributed by atoms with Crippen LogP contribution in [0.2, 0.25) is 0 Å². The molecule has 4 rings (SSSR count). The lowest BCUT2D eigenvalue weighted by Crippen LogP contribution is -2.38. The highest BCUT2D eigenvalue weighted by molar-refractivity contribution is 7.22. The van der Waals surface area contributed by atoms with Gasteiger partial charge in [-0.15, -0.1) is 12.4 Å². The smallest absolute Gasteiger partial charge is 0.260 e. The molecule has 0 radical (unpaired) electrons. The maximum atomic E-state index is 13.7. The summed E-state index contributed by atoms with van der Waals surface area (Å²) in [6, 6.07) is 20.8. The number of anilines is 1. The van der Waals surface area contributed by atoms with Crippen molar-refractivity contribution < 1.29 is 14.3 Å². The van der Waals surface area contributed by atoms with Crippen LogP contribution in [-0.2, 0) is 0 Å². The van der Waals surface area contributed by atoms with Crippen LogP contribution in [0.4, 0.5) is 5.13 Å². The molecule has 6 nitrogen and oxygen atoms in total. The van der Waals surface area contributed by atoms with Crippen LogP contribution < -0.4 is 14.4 Å². The van der Waals surface area contributed by atoms with Crippen LogP contribution in [0, 0.1) is 6.92 Å². The number of aromatic nitrogens is 1. The number of halogens is 1. The summed E-state index contributed by atoms with van der Waals surface area (Å²) in [6.45, 7) is 9.48. The van der Waals surface area contributed by atoms with Crippen LogP contribution in [0.1, 0.15) is 29.8 Å². The van der Waals surface area contributed by atoms with Gasteiger partial charge in [-0.3, -0.25) is 9.69 Å². The Kier molecular flexibility index (Phi) is 9.70. The lowest BCUT2D eigenvalue weighted by molar-refractivity contribution is 0.0983. The van der Waals surface area contributed by atoms with Crippen molar-refractivity contribution in [2.24, 2.45) is 0 Å². The lowest BCUT2D eigenvalue weighted by Gasteiger charge is -2.24. The number of para-hydroxylation sites is 1. The average Bonchev–Trinajstić information content (AvgIpc) is 3.34. The number of aryl methyl sites for hydroxylation is 1. The third kappa shape index (κ3) is 6.16. The summed E-state index contributed by atoms with van der Waals surface area (Å²) >= 11 is 1.53. The summed E-state index contributed by atoms with van der Waals surface area (Å²) < 4.78 is 12.5. The standard InChI is InChI=1S/C28H31N3O3S.ClH/c1-5-30(6-2)18-19-31(28-29-25-24(33-4)17-12-20(3)26(25)35-28)27(32)21-13-15-23(16-14-21)34-22-10-8-7-9-11-22;/h7-17H,5-6,18-19H2,1-4H3;1H. The van der Waals surface area contributed by atoms with E-state index in [9.17, 15) is 4.79 Å². The second-order valence-electron chi connectivity index (χ2n) is 8.18. The Morgan fingerprint density at radius 3 is 2.22 bits per heavy atom. The summed E-state index contributed by atoms with van der Waals surface area (Å²) in [5.41, 5.74) is 2.50. The van der Waals surface area contributed by atoms with E-state index in [1.54, 1.807) is 12.0 Å². The molecule has 1 amide bonds. The first-order valence-corrected chi connectivity index (χ1v) is 12.7. The zero-order valence-corrected chi connectivity index (χ0v) is 22.7. The molecule has 0 fully saturated rings. The summed E-state index contributed by atoms with van der Waals surface area (Å²) in [6.07, 6.45) is 0. The molecular weight excluding hydrogens is 494 g/mol. The largest absolute Gasteiger partial charge is 0.494 e. The summed E-state index contributed by atoms with van der Waals surface area (Å²) in [5, 5.41) is 0.675. The SMILES string of the molecule is CCN(CC)CCN(C(=O)c1ccc(Oc2ccccc2)cc1)c1nc2c(OC)ccc(C)c2s1.Cl. The molecule has 0 saturated carbocycles. The monoisotopic (exact) mass is 525 g/mol. The number of hydrogen-bond acceptors (Lipinski definition) is 6. The van der Waals surface area contributed by atoms with Gasteiger partial charge in [0.05, 0.1) is 11.8 Å². The highest BCUT2D eigenvalue weighted by Crippen LogP contribution is 2.37. The Bertz CT molecular complexity index is 1270. The van der Waals surface area contributed by atoms with Gasteiger partial charge in [0.1, 0.15) is 22.8 Å². The Labute approximate surface area is 222 Å². The lowest BCUT2D eigenvalue weighted by atomic mass is 10.2. The first kappa shape index (κ1) is 27.5. The van der Waals surface area contributed by atoms with Crippen molar-refractivity contribution in [3.05, 3.63) is 77.9 Å². The van der Waals surface area contributed by atoms with E-state index in [0.717, 1.165) is 41.2 Å². The van der Waals surface area contributed by atoms with Crippen molar-refractivity contribution in [1.82, 2.24) is 9.88 Å². The van der Waals surface area contributed by atoms with Gasteiger partial charge in [-0.05, 0) is 68.0 Å². The molecule has 8 heteroatoms. The molecule has 0 unspecified atom stereocenters. The van der Waals surface area contributed by atoms with Crippen molar-refractivity contribution in [3.8, 4) is 17.2 Å². The van der Waals surface area contributed by atoms with E-state index in [1.807, 2.05) is 66.7 Å². The van der Waals surface area contributed by atoms with Crippen molar-refractivity contribution >= 4 is 45.0 Å². The van der Waals surface area contributed by atoms with Gasteiger partial charge in [-0.2, -0.15) is 0 Å². The molecule has 190 valence electrons. The van der Waals surface area contributed by atoms with Crippen LogP contribution in [-0.4, -0.2) is 49.1 Å². The number of likely N-dealkylation sites (N-methyl/N-ethyl adjacent to an activating group) is 1. The van der Waals surface area contributed by atoms with Crippen molar-refractivity contribution in [1.29, 1.82) is 0 Å². The number of carbonyl (C=O) groups excluding carboxylic acids is 1. The van der Waals surface area contributed by atoms with Crippen LogP contribution in [0.25, 0.3) is 10.2 Å². The number of nitrogens with zero attached hydrogens (tertiary/aromatic N) is 3. The van der Waals surface area contributed by atoms with E-state index in [4.69, 9.17) is 14.5 Å². The molecule has 36 heavy (non-hydrogen) atoms. The number of ether oxygens (including phenoxy) is 2. The first-order chi connectivity index (χ1) is 17.0. The molecule has 0 aliphatic heterocycles. The van der Waals surface area contributed by atoms with E-state index >= 15 is 0 Å². The third-order valence-corrected chi connectivity index (χ3v) is 7.22. The van der Waals surface area contributed by atoms with Gasteiger partial charge in [-0.25, -0.2) is 4.98 Å². The van der Waals surface area contributed by atoms with Crippen molar-refractivity contribution in [3.63, 3.8) is 0 Å². The topological polar surface area (TPSA) is 54.9 Å². The van der Waals surface area contributed by atoms with Crippen LogP contribution in [0.5, 0.6) is 17.2 Å². The van der Waals surface area contributed by atoms with Gasteiger partial charge in [0.15, 0.2) is 5.13 Å². The van der Waals surface area contributed by atoms with Gasteiger partial charge in [0.2, 0.25) is 0 Å². The number of amides is 1. The highest BCUT2D eigenvalue weighted by Gasteiger charge is 2.23. The quantitative estimate of drug-likeness (QED) is 0.227. The maximum Gasteiger partial charge on any atom is 0.260 e. The maximum absolute atomic E-state index is 13.7. The minimum absolute atomic E-state index is 0. The molecule has 3 aromatic carbocycles. The predicted octanol–water partition coefficient (Wildman–Crippen LogP) is 6.82. The van der Waals surface area contributed by atoms with E-state index < -0.39 is 0 Å². The van der Waals surface area contributed by atoms with E-state index in [1.165, 1.54) is 11.3 Å². The number of fused-ring (bicyclic) bond motifs is 1. The van der Waals surface area contributed by atoms with Crippen LogP contribution in [0.15, 0.2) is 66.7 Å². The highest BCUT2D eigenvalue weighted by atomic mass is 35.5. The van der Waals surface area contributed by atoms with Crippen LogP contribution >= 0.6 is 23.7 Å². The van der Waals surface area contributed by atoms with E-state index in [2.05, 4.69) is 25.7 Å². The van der Waals surface area contributed by atoms with Crippen molar-refractivity contribution in [2.45, 2.75) is 20.8 Å². The number of thiazole rings is 1. The third-order valence-electron chi connectivity index (χ3n) is 6.00. The number of carbonyl (C=O) groups is 1. The first-order valence-electron chi connectivity index (χ1n) is 11.8. The molecule has 0 saturated heterocycles. The van der Waals surface area contributed by atoms with Gasteiger partial charge in [0, 0.05) is 18.7 Å². The fourth-order valence-electron chi connectivity index (χ4n) is 3.89. The summed E-state index contributed by atoms with van der Waals surface area (Å²) in [5.74, 6) is 2.07. The molecule has 0 aliphatic carbocycles. The molecule has 1 heterocycles. The summed E-state index contributed by atoms with van der Waals surface area (Å²) in [4.78, 5) is 22.7. The fraction of sp³-hybridized carbons (Fsp3) is 0.286. The molecule has 0 aliphatic rings. The second kappa shape index (κ2) is 12.7. The molecule has 0 N–H and O–H groups in total. The van der Waals surface area contributed by atoms with E-state index in [0.29, 0.717) is 28.7 Å². The molecular formula is C28H32ClN3O3S. The number of methoxy groups -OCH3 is 1. The summed E-state index contributed by atoms with van der Waals surface area (Å²) in [7, 11) is 1.64. The Morgan fingerprint density at radius 2 is 1.58 bits per heavy atom. The van der Waals surface area contributed by atoms with Gasteiger partial charge in [0.25, 0.3) is 5.91 Å². The van der Waals surface area contributed by atoms with Gasteiger partial charge < -0.3 is 14.4 Å². The minimum Gasteiger partial charge on any atom is -0.494 e.